The molecule has 0 saturated carbocycles. The van der Waals surface area contributed by atoms with Crippen LogP contribution in [-0.2, 0) is 4.74 Å². The number of hydrogen-bond acceptors (Lipinski definition) is 3. The Hall–Kier alpha value is -1.61. The van der Waals surface area contributed by atoms with E-state index in [1.54, 1.807) is 12.1 Å². The fourth-order valence-electron chi connectivity index (χ4n) is 3.30. The quantitative estimate of drug-likeness (QED) is 0.616. The number of benzene rings is 1. The second-order valence-electron chi connectivity index (χ2n) is 5.62. The van der Waals surface area contributed by atoms with Crippen molar-refractivity contribution in [3.8, 4) is 0 Å². The summed E-state index contributed by atoms with van der Waals surface area (Å²) in [7, 11) is 0. The Balaban J connectivity index is 1.66. The third kappa shape index (κ3) is 2.30. The molecular weight excluding hydrogens is 238 g/mol. The zero-order valence-corrected chi connectivity index (χ0v) is 11.1. The summed E-state index contributed by atoms with van der Waals surface area (Å²) in [5.74, 6) is -0.223. The third-order valence-corrected chi connectivity index (χ3v) is 4.22. The van der Waals surface area contributed by atoms with E-state index in [9.17, 15) is 4.79 Å². The van der Waals surface area contributed by atoms with Crippen LogP contribution in [0.3, 0.4) is 0 Å². The van der Waals surface area contributed by atoms with E-state index >= 15 is 0 Å². The highest BCUT2D eigenvalue weighted by Gasteiger charge is 2.46. The Kier molecular flexibility index (Phi) is 3.15. The van der Waals surface area contributed by atoms with Crippen LogP contribution in [0.15, 0.2) is 42.5 Å². The van der Waals surface area contributed by atoms with Crippen LogP contribution in [0, 0.1) is 0 Å². The van der Waals surface area contributed by atoms with Gasteiger partial charge in [-0.1, -0.05) is 30.4 Å². The van der Waals surface area contributed by atoms with Gasteiger partial charge in [-0.25, -0.2) is 4.79 Å². The van der Waals surface area contributed by atoms with Gasteiger partial charge < -0.3 is 4.74 Å². The van der Waals surface area contributed by atoms with Gasteiger partial charge in [-0.3, -0.25) is 4.90 Å². The highest BCUT2D eigenvalue weighted by atomic mass is 16.5. The van der Waals surface area contributed by atoms with Gasteiger partial charge in [0.05, 0.1) is 11.1 Å². The molecule has 2 fully saturated rings. The predicted octanol–water partition coefficient (Wildman–Crippen LogP) is 2.64. The van der Waals surface area contributed by atoms with Gasteiger partial charge in [-0.15, -0.1) is 0 Å². The highest BCUT2D eigenvalue weighted by Crippen LogP contribution is 2.40. The molecule has 1 aromatic carbocycles. The van der Waals surface area contributed by atoms with E-state index in [4.69, 9.17) is 4.74 Å². The van der Waals surface area contributed by atoms with Gasteiger partial charge in [0.25, 0.3) is 0 Å². The van der Waals surface area contributed by atoms with Crippen molar-refractivity contribution >= 4 is 5.97 Å². The third-order valence-electron chi connectivity index (χ3n) is 4.22. The molecule has 1 atom stereocenters. The molecule has 0 spiro atoms. The minimum Gasteiger partial charge on any atom is -0.460 e. The molecule has 19 heavy (non-hydrogen) atoms. The Morgan fingerprint density at radius 1 is 1.37 bits per heavy atom. The SMILES string of the molecule is C=C1CN2CCCC2(COC(=O)c2ccccc2)C1. The number of fused-ring (bicyclic) bond motifs is 1. The molecule has 0 bridgehead atoms. The van der Waals surface area contributed by atoms with Crippen LogP contribution in [-0.4, -0.2) is 36.1 Å². The van der Waals surface area contributed by atoms with Crippen LogP contribution in [0.5, 0.6) is 0 Å². The van der Waals surface area contributed by atoms with Gasteiger partial charge in [0.2, 0.25) is 0 Å². The number of ether oxygens (including phenoxy) is 1. The molecule has 1 aromatic rings. The molecule has 100 valence electrons. The topological polar surface area (TPSA) is 29.5 Å². The molecule has 0 N–H and O–H groups in total. The van der Waals surface area contributed by atoms with E-state index in [0.29, 0.717) is 12.2 Å². The largest absolute Gasteiger partial charge is 0.460 e. The lowest BCUT2D eigenvalue weighted by molar-refractivity contribution is 0.0251. The summed E-state index contributed by atoms with van der Waals surface area (Å²) in [4.78, 5) is 14.4. The zero-order valence-electron chi connectivity index (χ0n) is 11.1. The van der Waals surface area contributed by atoms with Crippen molar-refractivity contribution in [2.75, 3.05) is 19.7 Å². The Morgan fingerprint density at radius 2 is 2.16 bits per heavy atom. The standard InChI is InChI=1S/C16H19NO2/c1-13-10-16(8-5-9-17(16)11-13)12-19-15(18)14-6-3-2-4-7-14/h2-4,6-7H,1,5,8-12H2. The Morgan fingerprint density at radius 3 is 2.95 bits per heavy atom. The molecule has 2 heterocycles. The van der Waals surface area contributed by atoms with Crippen molar-refractivity contribution < 1.29 is 9.53 Å². The van der Waals surface area contributed by atoms with Gasteiger partial charge in [0.15, 0.2) is 0 Å². The summed E-state index contributed by atoms with van der Waals surface area (Å²) < 4.78 is 5.54. The van der Waals surface area contributed by atoms with E-state index < -0.39 is 0 Å². The second-order valence-corrected chi connectivity index (χ2v) is 5.62. The summed E-state index contributed by atoms with van der Waals surface area (Å²) in [5.41, 5.74) is 1.91. The van der Waals surface area contributed by atoms with E-state index in [1.807, 2.05) is 18.2 Å². The van der Waals surface area contributed by atoms with Gasteiger partial charge in [0, 0.05) is 6.54 Å². The lowest BCUT2D eigenvalue weighted by Gasteiger charge is -2.30. The van der Waals surface area contributed by atoms with Crippen LogP contribution in [0.4, 0.5) is 0 Å². The van der Waals surface area contributed by atoms with Gasteiger partial charge in [-0.2, -0.15) is 0 Å². The number of rotatable bonds is 3. The predicted molar refractivity (Wildman–Crippen MR) is 74.0 cm³/mol. The van der Waals surface area contributed by atoms with E-state index in [2.05, 4.69) is 11.5 Å². The number of carbonyl (C=O) groups excluding carboxylic acids is 1. The van der Waals surface area contributed by atoms with Crippen molar-refractivity contribution in [1.82, 2.24) is 4.90 Å². The smallest absolute Gasteiger partial charge is 0.338 e. The maximum Gasteiger partial charge on any atom is 0.338 e. The molecule has 0 aromatic heterocycles. The van der Waals surface area contributed by atoms with Crippen LogP contribution >= 0.6 is 0 Å². The molecule has 3 heteroatoms. The lowest BCUT2D eigenvalue weighted by atomic mass is 9.94. The fraction of sp³-hybridized carbons (Fsp3) is 0.438. The van der Waals surface area contributed by atoms with Crippen LogP contribution in [0.2, 0.25) is 0 Å². The molecule has 0 aliphatic carbocycles. The van der Waals surface area contributed by atoms with Crippen molar-refractivity contribution in [3.05, 3.63) is 48.0 Å². The van der Waals surface area contributed by atoms with E-state index in [0.717, 1.165) is 25.9 Å². The summed E-state index contributed by atoms with van der Waals surface area (Å²) in [6.45, 7) is 6.63. The van der Waals surface area contributed by atoms with Gasteiger partial charge in [-0.05, 0) is 37.9 Å². The highest BCUT2D eigenvalue weighted by molar-refractivity contribution is 5.89. The van der Waals surface area contributed by atoms with Crippen LogP contribution < -0.4 is 0 Å². The normalized spacial score (nSPS) is 26.4. The van der Waals surface area contributed by atoms with Crippen molar-refractivity contribution in [2.45, 2.75) is 24.8 Å². The summed E-state index contributed by atoms with van der Waals surface area (Å²) in [5, 5.41) is 0. The summed E-state index contributed by atoms with van der Waals surface area (Å²) in [6, 6.07) is 9.19. The minimum absolute atomic E-state index is 0.0293. The first-order valence-electron chi connectivity index (χ1n) is 6.83. The minimum atomic E-state index is -0.223. The van der Waals surface area contributed by atoms with Crippen molar-refractivity contribution in [3.63, 3.8) is 0 Å². The lowest BCUT2D eigenvalue weighted by Crippen LogP contribution is -2.43. The molecule has 0 radical (unpaired) electrons. The van der Waals surface area contributed by atoms with Crippen LogP contribution in [0.1, 0.15) is 29.6 Å². The molecule has 1 unspecified atom stereocenters. The van der Waals surface area contributed by atoms with Crippen LogP contribution in [0.25, 0.3) is 0 Å². The van der Waals surface area contributed by atoms with Crippen molar-refractivity contribution in [2.24, 2.45) is 0 Å². The molecule has 2 aliphatic rings. The zero-order chi connectivity index (χ0) is 13.3. The first-order chi connectivity index (χ1) is 9.20. The average Bonchev–Trinajstić information content (AvgIpc) is 2.93. The fourth-order valence-corrected chi connectivity index (χ4v) is 3.30. The Bertz CT molecular complexity index is 497. The van der Waals surface area contributed by atoms with E-state index in [1.165, 1.54) is 12.0 Å². The number of carbonyl (C=O) groups is 1. The number of hydrogen-bond donors (Lipinski definition) is 0. The number of esters is 1. The van der Waals surface area contributed by atoms with E-state index in [-0.39, 0.29) is 11.5 Å². The maximum atomic E-state index is 12.0. The number of nitrogens with zero attached hydrogens (tertiary/aromatic N) is 1. The molecule has 2 aliphatic heterocycles. The molecule has 3 nitrogen and oxygen atoms in total. The first-order valence-corrected chi connectivity index (χ1v) is 6.83. The van der Waals surface area contributed by atoms with Crippen molar-refractivity contribution in [1.29, 1.82) is 0 Å². The Labute approximate surface area is 113 Å². The molecular formula is C16H19NO2. The molecule has 3 rings (SSSR count). The average molecular weight is 257 g/mol. The van der Waals surface area contributed by atoms with Gasteiger partial charge >= 0.3 is 5.97 Å². The maximum absolute atomic E-state index is 12.0. The van der Waals surface area contributed by atoms with Gasteiger partial charge in [0.1, 0.15) is 6.61 Å². The summed E-state index contributed by atoms with van der Waals surface area (Å²) in [6.07, 6.45) is 3.26. The monoisotopic (exact) mass is 257 g/mol. The molecule has 0 amide bonds. The first kappa shape index (κ1) is 12.4. The molecule has 2 saturated heterocycles. The second kappa shape index (κ2) is 4.82. The summed E-state index contributed by atoms with van der Waals surface area (Å²) >= 11 is 0.